The summed E-state index contributed by atoms with van der Waals surface area (Å²) in [5, 5.41) is 10.1. The zero-order chi connectivity index (χ0) is 15.1. The van der Waals surface area contributed by atoms with Gasteiger partial charge in [0.05, 0.1) is 11.1 Å². The minimum absolute atomic E-state index is 0.0838. The topological polar surface area (TPSA) is 57.6 Å². The zero-order valence-corrected chi connectivity index (χ0v) is 13.7. The maximum absolute atomic E-state index is 12.7. The third-order valence-electron chi connectivity index (χ3n) is 3.61. The van der Waals surface area contributed by atoms with E-state index in [0.717, 1.165) is 0 Å². The van der Waals surface area contributed by atoms with Crippen LogP contribution in [0.1, 0.15) is 24.0 Å². The van der Waals surface area contributed by atoms with Gasteiger partial charge in [0.2, 0.25) is 10.0 Å². The molecule has 0 atom stereocenters. The van der Waals surface area contributed by atoms with Crippen molar-refractivity contribution in [1.29, 1.82) is 0 Å². The number of aliphatic hydroxyl groups is 1. The Bertz CT molecular complexity index is 597. The largest absolute Gasteiger partial charge is 0.393 e. The molecule has 0 bridgehead atoms. The van der Waals surface area contributed by atoms with Gasteiger partial charge in [0.1, 0.15) is 4.90 Å². The number of piperidine rings is 1. The maximum Gasteiger partial charge on any atom is 0.244 e. The van der Waals surface area contributed by atoms with Gasteiger partial charge in [0.25, 0.3) is 0 Å². The standard InChI is InChI=1S/C13H17Cl2NO3S/c1-8-7-11(14)9(2)13(12(8)15)20(18,19)16-5-3-10(17)4-6-16/h7,10,17H,3-6H2,1-2H3. The molecule has 0 unspecified atom stereocenters. The summed E-state index contributed by atoms with van der Waals surface area (Å²) in [6.45, 7) is 3.97. The second kappa shape index (κ2) is 5.81. The Labute approximate surface area is 129 Å². The zero-order valence-electron chi connectivity index (χ0n) is 11.4. The average molecular weight is 338 g/mol. The molecule has 112 valence electrons. The van der Waals surface area contributed by atoms with Gasteiger partial charge in [-0.05, 0) is 43.9 Å². The van der Waals surface area contributed by atoms with E-state index in [9.17, 15) is 13.5 Å². The highest BCUT2D eigenvalue weighted by Gasteiger charge is 2.32. The Morgan fingerprint density at radius 3 is 2.35 bits per heavy atom. The molecule has 7 heteroatoms. The van der Waals surface area contributed by atoms with Crippen molar-refractivity contribution in [1.82, 2.24) is 4.31 Å². The molecule has 1 heterocycles. The van der Waals surface area contributed by atoms with Gasteiger partial charge in [-0.3, -0.25) is 0 Å². The fourth-order valence-corrected chi connectivity index (χ4v) is 4.97. The predicted molar refractivity (Wildman–Crippen MR) is 79.9 cm³/mol. The first kappa shape index (κ1) is 16.0. The van der Waals surface area contributed by atoms with Crippen molar-refractivity contribution in [2.45, 2.75) is 37.7 Å². The van der Waals surface area contributed by atoms with E-state index in [0.29, 0.717) is 42.1 Å². The van der Waals surface area contributed by atoms with E-state index >= 15 is 0 Å². The van der Waals surface area contributed by atoms with E-state index in [1.807, 2.05) is 0 Å². The van der Waals surface area contributed by atoms with Crippen LogP contribution in [0.5, 0.6) is 0 Å². The lowest BCUT2D eigenvalue weighted by molar-refractivity contribution is 0.113. The molecule has 1 aliphatic rings. The number of hydrogen-bond acceptors (Lipinski definition) is 3. The van der Waals surface area contributed by atoms with E-state index in [1.165, 1.54) is 4.31 Å². The van der Waals surface area contributed by atoms with E-state index in [4.69, 9.17) is 23.2 Å². The summed E-state index contributed by atoms with van der Waals surface area (Å²) in [6.07, 6.45) is 0.448. The van der Waals surface area contributed by atoms with E-state index in [-0.39, 0.29) is 9.92 Å². The second-order valence-electron chi connectivity index (χ2n) is 5.08. The maximum atomic E-state index is 12.7. The molecular formula is C13H17Cl2NO3S. The smallest absolute Gasteiger partial charge is 0.244 e. The first-order valence-electron chi connectivity index (χ1n) is 6.38. The molecule has 4 nitrogen and oxygen atoms in total. The van der Waals surface area contributed by atoms with Crippen LogP contribution in [-0.4, -0.2) is 37.0 Å². The molecule has 0 spiro atoms. The fourth-order valence-electron chi connectivity index (χ4n) is 2.33. The normalized spacial score (nSPS) is 18.4. The van der Waals surface area contributed by atoms with Crippen LogP contribution in [0.4, 0.5) is 0 Å². The molecule has 0 saturated carbocycles. The SMILES string of the molecule is Cc1cc(Cl)c(C)c(S(=O)(=O)N2CCC(O)CC2)c1Cl. The van der Waals surface area contributed by atoms with Gasteiger partial charge in [0.15, 0.2) is 0 Å². The van der Waals surface area contributed by atoms with Crippen LogP contribution in [0.2, 0.25) is 10.0 Å². The highest BCUT2D eigenvalue weighted by atomic mass is 35.5. The molecular weight excluding hydrogens is 321 g/mol. The van der Waals surface area contributed by atoms with Crippen molar-refractivity contribution in [3.05, 3.63) is 27.2 Å². The summed E-state index contributed by atoms with van der Waals surface area (Å²) < 4.78 is 26.8. The Morgan fingerprint density at radius 1 is 1.25 bits per heavy atom. The predicted octanol–water partition coefficient (Wildman–Crippen LogP) is 2.76. The first-order chi connectivity index (χ1) is 9.25. The second-order valence-corrected chi connectivity index (χ2v) is 7.74. The monoisotopic (exact) mass is 337 g/mol. The molecule has 20 heavy (non-hydrogen) atoms. The molecule has 1 aliphatic heterocycles. The molecule has 1 fully saturated rings. The summed E-state index contributed by atoms with van der Waals surface area (Å²) in [6, 6.07) is 1.66. The molecule has 1 N–H and O–H groups in total. The Morgan fingerprint density at radius 2 is 1.80 bits per heavy atom. The van der Waals surface area contributed by atoms with Crippen LogP contribution in [0.3, 0.4) is 0 Å². The van der Waals surface area contributed by atoms with Crippen LogP contribution >= 0.6 is 23.2 Å². The molecule has 0 aromatic heterocycles. The van der Waals surface area contributed by atoms with Gasteiger partial charge in [-0.25, -0.2) is 8.42 Å². The fraction of sp³-hybridized carbons (Fsp3) is 0.538. The van der Waals surface area contributed by atoms with E-state index in [1.54, 1.807) is 19.9 Å². The summed E-state index contributed by atoms with van der Waals surface area (Å²) >= 11 is 12.3. The van der Waals surface area contributed by atoms with Crippen LogP contribution in [-0.2, 0) is 10.0 Å². The number of aliphatic hydroxyl groups excluding tert-OH is 1. The van der Waals surface area contributed by atoms with Gasteiger partial charge in [-0.15, -0.1) is 0 Å². The summed E-state index contributed by atoms with van der Waals surface area (Å²) in [5.74, 6) is 0. The van der Waals surface area contributed by atoms with Crippen molar-refractivity contribution in [3.8, 4) is 0 Å². The number of rotatable bonds is 2. The molecule has 2 rings (SSSR count). The van der Waals surface area contributed by atoms with Crippen LogP contribution in [0, 0.1) is 13.8 Å². The number of benzene rings is 1. The van der Waals surface area contributed by atoms with Crippen molar-refractivity contribution in [2.75, 3.05) is 13.1 Å². The first-order valence-corrected chi connectivity index (χ1v) is 8.58. The number of halogens is 2. The summed E-state index contributed by atoms with van der Waals surface area (Å²) in [4.78, 5) is 0.0838. The lowest BCUT2D eigenvalue weighted by atomic mass is 10.1. The average Bonchev–Trinajstić information content (AvgIpc) is 2.37. The third kappa shape index (κ3) is 2.83. The third-order valence-corrected chi connectivity index (χ3v) is 6.67. The molecule has 0 aliphatic carbocycles. The summed E-state index contributed by atoms with van der Waals surface area (Å²) in [7, 11) is -3.69. The quantitative estimate of drug-likeness (QED) is 0.902. The highest BCUT2D eigenvalue weighted by molar-refractivity contribution is 7.89. The Hall–Kier alpha value is -0.330. The van der Waals surface area contributed by atoms with E-state index < -0.39 is 16.1 Å². The van der Waals surface area contributed by atoms with Crippen molar-refractivity contribution < 1.29 is 13.5 Å². The minimum Gasteiger partial charge on any atom is -0.393 e. The van der Waals surface area contributed by atoms with Crippen molar-refractivity contribution >= 4 is 33.2 Å². The van der Waals surface area contributed by atoms with E-state index in [2.05, 4.69) is 0 Å². The number of sulfonamides is 1. The molecule has 1 aromatic rings. The van der Waals surface area contributed by atoms with Gasteiger partial charge in [0, 0.05) is 18.1 Å². The Balaban J connectivity index is 2.50. The number of nitrogens with zero attached hydrogens (tertiary/aromatic N) is 1. The minimum atomic E-state index is -3.69. The van der Waals surface area contributed by atoms with Crippen molar-refractivity contribution in [2.24, 2.45) is 0 Å². The molecule has 0 radical (unpaired) electrons. The summed E-state index contributed by atoms with van der Waals surface area (Å²) in [5.41, 5.74) is 1.10. The molecule has 1 aromatic carbocycles. The molecule has 1 saturated heterocycles. The number of hydrogen-bond donors (Lipinski definition) is 1. The highest BCUT2D eigenvalue weighted by Crippen LogP contribution is 2.35. The lowest BCUT2D eigenvalue weighted by Crippen LogP contribution is -2.40. The van der Waals surface area contributed by atoms with Gasteiger partial charge in [-0.1, -0.05) is 23.2 Å². The van der Waals surface area contributed by atoms with Crippen molar-refractivity contribution in [3.63, 3.8) is 0 Å². The van der Waals surface area contributed by atoms with Gasteiger partial charge in [-0.2, -0.15) is 4.31 Å². The van der Waals surface area contributed by atoms with Gasteiger partial charge >= 0.3 is 0 Å². The van der Waals surface area contributed by atoms with Crippen LogP contribution in [0.15, 0.2) is 11.0 Å². The number of aryl methyl sites for hydroxylation is 1. The van der Waals surface area contributed by atoms with Crippen LogP contribution < -0.4 is 0 Å². The Kier molecular flexibility index (Phi) is 4.66. The van der Waals surface area contributed by atoms with Crippen LogP contribution in [0.25, 0.3) is 0 Å². The lowest BCUT2D eigenvalue weighted by Gasteiger charge is -2.29. The molecule has 0 amide bonds. The van der Waals surface area contributed by atoms with Gasteiger partial charge < -0.3 is 5.11 Å².